The molecule has 5 nitrogen and oxygen atoms in total. The zero-order chi connectivity index (χ0) is 16.1. The van der Waals surface area contributed by atoms with Gasteiger partial charge in [0.1, 0.15) is 5.82 Å². The first-order valence-electron chi connectivity index (χ1n) is 9.68. The molecule has 5 heteroatoms. The Morgan fingerprint density at radius 3 is 2.75 bits per heavy atom. The topological polar surface area (TPSA) is 58.1 Å². The van der Waals surface area contributed by atoms with Gasteiger partial charge >= 0.3 is 0 Å². The summed E-state index contributed by atoms with van der Waals surface area (Å²) in [5.41, 5.74) is 2.31. The molecule has 0 aromatic carbocycles. The van der Waals surface area contributed by atoms with Crippen molar-refractivity contribution < 1.29 is 4.79 Å². The second-order valence-corrected chi connectivity index (χ2v) is 8.00. The summed E-state index contributed by atoms with van der Waals surface area (Å²) in [5.74, 6) is 3.06. The Balaban J connectivity index is 1.29. The lowest BCUT2D eigenvalue weighted by Crippen LogP contribution is -2.38. The largest absolute Gasteiger partial charge is 0.338 e. The molecule has 5 rings (SSSR count). The summed E-state index contributed by atoms with van der Waals surface area (Å²) < 4.78 is 0. The summed E-state index contributed by atoms with van der Waals surface area (Å²) >= 11 is 0. The van der Waals surface area contributed by atoms with Gasteiger partial charge in [0.05, 0.1) is 11.7 Å². The van der Waals surface area contributed by atoms with Crippen molar-refractivity contribution in [1.29, 1.82) is 0 Å². The molecule has 1 amide bonds. The molecule has 0 radical (unpaired) electrons. The first-order chi connectivity index (χ1) is 11.8. The Labute approximate surface area is 143 Å². The maximum atomic E-state index is 12.9. The van der Waals surface area contributed by atoms with Gasteiger partial charge in [-0.1, -0.05) is 12.8 Å². The minimum Gasteiger partial charge on any atom is -0.338 e. The molecule has 24 heavy (non-hydrogen) atoms. The number of amides is 1. The smallest absolute Gasteiger partial charge is 0.226 e. The summed E-state index contributed by atoms with van der Waals surface area (Å²) in [6, 6.07) is 0.324. The number of carbonyl (C=O) groups excluding carboxylic acids is 1. The van der Waals surface area contributed by atoms with Crippen LogP contribution in [0.4, 0.5) is 0 Å². The molecule has 0 bridgehead atoms. The van der Waals surface area contributed by atoms with Crippen molar-refractivity contribution in [3.8, 4) is 0 Å². The number of nitrogens with one attached hydrogen (secondary N) is 1. The number of nitrogens with zero attached hydrogens (tertiary/aromatic N) is 3. The summed E-state index contributed by atoms with van der Waals surface area (Å²) in [4.78, 5) is 24.4. The molecule has 128 valence electrons. The van der Waals surface area contributed by atoms with Crippen LogP contribution in [0.2, 0.25) is 0 Å². The fraction of sp³-hybridized carbons (Fsp3) is 0.737. The van der Waals surface area contributed by atoms with Crippen LogP contribution in [-0.2, 0) is 17.8 Å². The molecule has 0 spiro atoms. The third-order valence-corrected chi connectivity index (χ3v) is 6.58. The van der Waals surface area contributed by atoms with Crippen LogP contribution < -0.4 is 5.32 Å². The number of aromatic nitrogens is 2. The normalized spacial score (nSPS) is 34.6. The second-order valence-electron chi connectivity index (χ2n) is 8.00. The lowest BCUT2D eigenvalue weighted by molar-refractivity contribution is -0.134. The molecule has 0 unspecified atom stereocenters. The summed E-state index contributed by atoms with van der Waals surface area (Å²) in [6.07, 6.45) is 10.4. The number of hydrogen-bond acceptors (Lipinski definition) is 4. The van der Waals surface area contributed by atoms with E-state index in [1.165, 1.54) is 32.1 Å². The van der Waals surface area contributed by atoms with Gasteiger partial charge in [-0.15, -0.1) is 0 Å². The van der Waals surface area contributed by atoms with Crippen molar-refractivity contribution in [3.63, 3.8) is 0 Å². The molecule has 1 N–H and O–H groups in total. The molecule has 1 saturated heterocycles. The maximum Gasteiger partial charge on any atom is 0.226 e. The van der Waals surface area contributed by atoms with Crippen LogP contribution in [0.1, 0.15) is 61.6 Å². The molecule has 2 aliphatic heterocycles. The Kier molecular flexibility index (Phi) is 3.58. The number of carbonyl (C=O) groups is 1. The molecule has 1 aromatic heterocycles. The van der Waals surface area contributed by atoms with Gasteiger partial charge in [-0.3, -0.25) is 4.79 Å². The van der Waals surface area contributed by atoms with E-state index in [2.05, 4.69) is 15.2 Å². The van der Waals surface area contributed by atoms with Crippen LogP contribution >= 0.6 is 0 Å². The van der Waals surface area contributed by atoms with E-state index in [1.807, 2.05) is 6.20 Å². The predicted molar refractivity (Wildman–Crippen MR) is 90.1 cm³/mol. The zero-order valence-electron chi connectivity index (χ0n) is 14.2. The van der Waals surface area contributed by atoms with E-state index in [0.717, 1.165) is 43.0 Å². The second kappa shape index (κ2) is 5.80. The summed E-state index contributed by atoms with van der Waals surface area (Å²) in [6.45, 7) is 2.61. The molecule has 1 aromatic rings. The van der Waals surface area contributed by atoms with Gasteiger partial charge in [0.25, 0.3) is 0 Å². The fourth-order valence-corrected chi connectivity index (χ4v) is 5.16. The van der Waals surface area contributed by atoms with E-state index in [1.54, 1.807) is 0 Å². The minimum absolute atomic E-state index is 0.324. The van der Waals surface area contributed by atoms with Crippen LogP contribution in [0.15, 0.2) is 6.20 Å². The molecule has 2 aliphatic carbocycles. The first kappa shape index (κ1) is 14.8. The fourth-order valence-electron chi connectivity index (χ4n) is 5.16. The average molecular weight is 326 g/mol. The highest BCUT2D eigenvalue weighted by atomic mass is 16.2. The van der Waals surface area contributed by atoms with Gasteiger partial charge in [0, 0.05) is 37.2 Å². The van der Waals surface area contributed by atoms with E-state index in [4.69, 9.17) is 4.98 Å². The lowest BCUT2D eigenvalue weighted by Gasteiger charge is -2.29. The van der Waals surface area contributed by atoms with Crippen molar-refractivity contribution in [2.75, 3.05) is 13.1 Å². The monoisotopic (exact) mass is 326 g/mol. The van der Waals surface area contributed by atoms with Crippen LogP contribution in [0.5, 0.6) is 0 Å². The van der Waals surface area contributed by atoms with Crippen molar-refractivity contribution in [3.05, 3.63) is 23.3 Å². The van der Waals surface area contributed by atoms with Crippen LogP contribution in [-0.4, -0.2) is 33.9 Å². The predicted octanol–water partition coefficient (Wildman–Crippen LogP) is 2.22. The standard InChI is InChI=1S/C19H26N4O/c24-19(17-13-4-1-2-5-14(13)17)23-9-7-15-12(11-23)10-21-18(22-15)16-6-3-8-20-16/h10,13-14,16-17,20H,1-9,11H2/t13-,14-,16-/m1/s1. The van der Waals surface area contributed by atoms with Crippen LogP contribution in [0, 0.1) is 17.8 Å². The van der Waals surface area contributed by atoms with E-state index in [0.29, 0.717) is 36.2 Å². The van der Waals surface area contributed by atoms with Gasteiger partial charge < -0.3 is 10.2 Å². The Morgan fingerprint density at radius 1 is 1.17 bits per heavy atom. The quantitative estimate of drug-likeness (QED) is 0.905. The molecular weight excluding hydrogens is 300 g/mol. The summed E-state index contributed by atoms with van der Waals surface area (Å²) in [5, 5.41) is 3.47. The highest BCUT2D eigenvalue weighted by molar-refractivity contribution is 5.82. The van der Waals surface area contributed by atoms with Crippen molar-refractivity contribution in [1.82, 2.24) is 20.2 Å². The molecule has 3 heterocycles. The Hall–Kier alpha value is -1.49. The highest BCUT2D eigenvalue weighted by Crippen LogP contribution is 2.56. The number of hydrogen-bond donors (Lipinski definition) is 1. The average Bonchev–Trinajstić information content (AvgIpc) is 3.09. The molecule has 4 aliphatic rings. The molecule has 3 fully saturated rings. The maximum absolute atomic E-state index is 12.9. The van der Waals surface area contributed by atoms with Crippen LogP contribution in [0.25, 0.3) is 0 Å². The van der Waals surface area contributed by atoms with Gasteiger partial charge in [-0.2, -0.15) is 0 Å². The van der Waals surface area contributed by atoms with E-state index in [9.17, 15) is 4.79 Å². The first-order valence-corrected chi connectivity index (χ1v) is 9.68. The molecular formula is C19H26N4O. The number of rotatable bonds is 2. The highest BCUT2D eigenvalue weighted by Gasteiger charge is 2.55. The third kappa shape index (κ3) is 2.44. The van der Waals surface area contributed by atoms with Crippen molar-refractivity contribution in [2.24, 2.45) is 17.8 Å². The Morgan fingerprint density at radius 2 is 2.00 bits per heavy atom. The van der Waals surface area contributed by atoms with Crippen LogP contribution in [0.3, 0.4) is 0 Å². The van der Waals surface area contributed by atoms with Gasteiger partial charge in [0.15, 0.2) is 0 Å². The Bertz CT molecular complexity index is 643. The van der Waals surface area contributed by atoms with Gasteiger partial charge in [-0.05, 0) is 44.1 Å². The lowest BCUT2D eigenvalue weighted by atomic mass is 10.0. The number of fused-ring (bicyclic) bond motifs is 2. The minimum atomic E-state index is 0.324. The van der Waals surface area contributed by atoms with Crippen molar-refractivity contribution in [2.45, 2.75) is 57.5 Å². The molecule has 2 saturated carbocycles. The van der Waals surface area contributed by atoms with E-state index in [-0.39, 0.29) is 0 Å². The van der Waals surface area contributed by atoms with E-state index < -0.39 is 0 Å². The zero-order valence-corrected chi connectivity index (χ0v) is 14.2. The third-order valence-electron chi connectivity index (χ3n) is 6.58. The molecule has 3 atom stereocenters. The van der Waals surface area contributed by atoms with Crippen molar-refractivity contribution >= 4 is 5.91 Å². The van der Waals surface area contributed by atoms with E-state index >= 15 is 0 Å². The summed E-state index contributed by atoms with van der Waals surface area (Å²) in [7, 11) is 0. The van der Waals surface area contributed by atoms with Gasteiger partial charge in [-0.25, -0.2) is 9.97 Å². The SMILES string of the molecule is O=C(C1[C@@H]2CCCC[C@@H]12)N1CCc2nc([C@H]3CCCN3)ncc2C1. The van der Waals surface area contributed by atoms with Gasteiger partial charge in [0.2, 0.25) is 5.91 Å².